The van der Waals surface area contributed by atoms with Gasteiger partial charge in [-0.05, 0) is 49.7 Å². The van der Waals surface area contributed by atoms with Crippen molar-refractivity contribution in [3.8, 4) is 17.0 Å². The van der Waals surface area contributed by atoms with E-state index in [1.165, 1.54) is 0 Å². The molecule has 182 valence electrons. The van der Waals surface area contributed by atoms with Crippen LogP contribution in [0.25, 0.3) is 11.3 Å². The number of hydrogen-bond acceptors (Lipinski definition) is 4. The number of rotatable bonds is 7. The third-order valence-electron chi connectivity index (χ3n) is 6.41. The van der Waals surface area contributed by atoms with Gasteiger partial charge in [0.15, 0.2) is 0 Å². The van der Waals surface area contributed by atoms with E-state index < -0.39 is 5.54 Å². The Kier molecular flexibility index (Phi) is 6.29. The molecule has 3 aromatic carbocycles. The molecule has 4 aromatic rings. The molecule has 0 aliphatic carbocycles. The van der Waals surface area contributed by atoms with Crippen molar-refractivity contribution in [1.29, 1.82) is 0 Å². The fraction of sp³-hybridized carbons (Fsp3) is 0.207. The van der Waals surface area contributed by atoms with Gasteiger partial charge in [0.2, 0.25) is 5.91 Å². The summed E-state index contributed by atoms with van der Waals surface area (Å²) in [5.41, 5.74) is 2.45. The number of ether oxygens (including phenoxy) is 1. The van der Waals surface area contributed by atoms with Crippen molar-refractivity contribution in [2.24, 2.45) is 0 Å². The Balaban J connectivity index is 1.53. The van der Waals surface area contributed by atoms with Gasteiger partial charge in [0.25, 0.3) is 5.91 Å². The van der Waals surface area contributed by atoms with Gasteiger partial charge < -0.3 is 10.1 Å². The Hall–Kier alpha value is -4.39. The lowest BCUT2D eigenvalue weighted by Gasteiger charge is -2.43. The van der Waals surface area contributed by atoms with Crippen molar-refractivity contribution in [2.45, 2.75) is 32.5 Å². The average molecular weight is 481 g/mol. The first-order valence-electron chi connectivity index (χ1n) is 12.0. The minimum absolute atomic E-state index is 0.217. The standard InChI is InChI=1S/C29H28N4O3/c1-3-36-24-16-14-23(15-17-24)33-27(34)26-18-25(22-12-8-5-9-13-22)31-32(26)20-29(33,2)28(35)30-19-21-10-6-4-7-11-21/h4-18H,3,19-20H2,1-2H3,(H,30,35). The predicted octanol–water partition coefficient (Wildman–Crippen LogP) is 4.68. The van der Waals surface area contributed by atoms with Crippen LogP contribution in [0.4, 0.5) is 5.69 Å². The third-order valence-corrected chi connectivity index (χ3v) is 6.41. The predicted molar refractivity (Wildman–Crippen MR) is 139 cm³/mol. The number of aromatic nitrogens is 2. The summed E-state index contributed by atoms with van der Waals surface area (Å²) in [6, 6.07) is 28.5. The second kappa shape index (κ2) is 9.70. The Morgan fingerprint density at radius 2 is 1.67 bits per heavy atom. The van der Waals surface area contributed by atoms with Crippen LogP contribution in [0, 0.1) is 0 Å². The topological polar surface area (TPSA) is 76.5 Å². The molecule has 0 fully saturated rings. The van der Waals surface area contributed by atoms with Gasteiger partial charge in [0.1, 0.15) is 17.0 Å². The van der Waals surface area contributed by atoms with E-state index in [2.05, 4.69) is 5.32 Å². The smallest absolute Gasteiger partial charge is 0.277 e. The molecule has 1 N–H and O–H groups in total. The van der Waals surface area contributed by atoms with E-state index in [0.29, 0.717) is 36.0 Å². The monoisotopic (exact) mass is 480 g/mol. The van der Waals surface area contributed by atoms with Crippen LogP contribution < -0.4 is 15.0 Å². The summed E-state index contributed by atoms with van der Waals surface area (Å²) in [6.07, 6.45) is 0. The molecule has 0 bridgehead atoms. The summed E-state index contributed by atoms with van der Waals surface area (Å²) in [5, 5.41) is 7.74. The summed E-state index contributed by atoms with van der Waals surface area (Å²) in [4.78, 5) is 29.2. The van der Waals surface area contributed by atoms with E-state index in [1.807, 2.05) is 91.9 Å². The molecule has 2 heterocycles. The fourth-order valence-corrected chi connectivity index (χ4v) is 4.56. The van der Waals surface area contributed by atoms with Gasteiger partial charge in [0, 0.05) is 17.8 Å². The maximum Gasteiger partial charge on any atom is 0.277 e. The van der Waals surface area contributed by atoms with E-state index in [4.69, 9.17) is 9.84 Å². The quantitative estimate of drug-likeness (QED) is 0.417. The Labute approximate surface area is 210 Å². The van der Waals surface area contributed by atoms with E-state index in [1.54, 1.807) is 22.6 Å². The molecule has 36 heavy (non-hydrogen) atoms. The van der Waals surface area contributed by atoms with Gasteiger partial charge >= 0.3 is 0 Å². The summed E-state index contributed by atoms with van der Waals surface area (Å²) in [5.74, 6) is 0.172. The van der Waals surface area contributed by atoms with Crippen molar-refractivity contribution >= 4 is 17.5 Å². The van der Waals surface area contributed by atoms with Crippen LogP contribution in [0.3, 0.4) is 0 Å². The van der Waals surface area contributed by atoms with E-state index in [0.717, 1.165) is 11.1 Å². The molecule has 0 saturated heterocycles. The molecule has 1 aliphatic rings. The van der Waals surface area contributed by atoms with Gasteiger partial charge in [-0.2, -0.15) is 5.10 Å². The maximum atomic E-state index is 13.9. The highest BCUT2D eigenvalue weighted by atomic mass is 16.5. The number of hydrogen-bond donors (Lipinski definition) is 1. The Morgan fingerprint density at radius 3 is 2.33 bits per heavy atom. The minimum atomic E-state index is -1.20. The normalized spacial score (nSPS) is 16.9. The second-order valence-corrected chi connectivity index (χ2v) is 8.95. The minimum Gasteiger partial charge on any atom is -0.494 e. The lowest BCUT2D eigenvalue weighted by molar-refractivity contribution is -0.126. The SMILES string of the molecule is CCOc1ccc(N2C(=O)c3cc(-c4ccccc4)nn3CC2(C)C(=O)NCc2ccccc2)cc1. The van der Waals surface area contributed by atoms with E-state index in [9.17, 15) is 9.59 Å². The largest absolute Gasteiger partial charge is 0.494 e. The Morgan fingerprint density at radius 1 is 1.00 bits per heavy atom. The number of nitrogens with one attached hydrogen (secondary N) is 1. The van der Waals surface area contributed by atoms with E-state index in [-0.39, 0.29) is 18.4 Å². The van der Waals surface area contributed by atoms with Gasteiger partial charge in [-0.25, -0.2) is 0 Å². The molecule has 1 atom stereocenters. The molecule has 0 spiro atoms. The number of amides is 2. The van der Waals surface area contributed by atoms with E-state index >= 15 is 0 Å². The van der Waals surface area contributed by atoms with Gasteiger partial charge in [0.05, 0.1) is 18.8 Å². The first-order chi connectivity index (χ1) is 17.5. The number of benzene rings is 3. The van der Waals surface area contributed by atoms with Crippen molar-refractivity contribution in [3.63, 3.8) is 0 Å². The highest BCUT2D eigenvalue weighted by Crippen LogP contribution is 2.35. The molecule has 7 nitrogen and oxygen atoms in total. The van der Waals surface area contributed by atoms with Crippen LogP contribution in [0.2, 0.25) is 0 Å². The molecule has 1 unspecified atom stereocenters. The fourth-order valence-electron chi connectivity index (χ4n) is 4.56. The van der Waals surface area contributed by atoms with Crippen molar-refractivity contribution < 1.29 is 14.3 Å². The molecule has 5 rings (SSSR count). The summed E-state index contributed by atoms with van der Waals surface area (Å²) >= 11 is 0. The lowest BCUT2D eigenvalue weighted by atomic mass is 9.93. The first kappa shape index (κ1) is 23.4. The van der Waals surface area contributed by atoms with Gasteiger partial charge in [-0.3, -0.25) is 19.2 Å². The number of carbonyl (C=O) groups excluding carboxylic acids is 2. The molecule has 7 heteroatoms. The highest BCUT2D eigenvalue weighted by molar-refractivity contribution is 6.12. The third kappa shape index (κ3) is 4.35. The number of fused-ring (bicyclic) bond motifs is 1. The van der Waals surface area contributed by atoms with Gasteiger partial charge in [-0.1, -0.05) is 60.7 Å². The zero-order chi connectivity index (χ0) is 25.1. The molecule has 1 aromatic heterocycles. The first-order valence-corrected chi connectivity index (χ1v) is 12.0. The summed E-state index contributed by atoms with van der Waals surface area (Å²) in [6.45, 7) is 4.83. The van der Waals surface area contributed by atoms with Crippen LogP contribution in [0.15, 0.2) is 91.0 Å². The van der Waals surface area contributed by atoms with Crippen molar-refractivity contribution in [1.82, 2.24) is 15.1 Å². The van der Waals surface area contributed by atoms with Crippen LogP contribution in [0.1, 0.15) is 29.9 Å². The number of nitrogens with zero attached hydrogens (tertiary/aromatic N) is 3. The molecule has 0 radical (unpaired) electrons. The summed E-state index contributed by atoms with van der Waals surface area (Å²) in [7, 11) is 0. The second-order valence-electron chi connectivity index (χ2n) is 8.95. The lowest BCUT2D eigenvalue weighted by Crippen LogP contribution is -2.64. The summed E-state index contributed by atoms with van der Waals surface area (Å²) < 4.78 is 7.22. The molecular weight excluding hydrogens is 452 g/mol. The van der Waals surface area contributed by atoms with Crippen molar-refractivity contribution in [3.05, 3.63) is 102 Å². The maximum absolute atomic E-state index is 13.9. The Bertz CT molecular complexity index is 1370. The number of anilines is 1. The zero-order valence-corrected chi connectivity index (χ0v) is 20.3. The molecule has 1 aliphatic heterocycles. The molecule has 2 amide bonds. The van der Waals surface area contributed by atoms with Crippen molar-refractivity contribution in [2.75, 3.05) is 11.5 Å². The van der Waals surface area contributed by atoms with Crippen LogP contribution in [0.5, 0.6) is 5.75 Å². The van der Waals surface area contributed by atoms with Crippen LogP contribution in [-0.4, -0.2) is 33.7 Å². The molecule has 0 saturated carbocycles. The average Bonchev–Trinajstić information content (AvgIpc) is 3.33. The van der Waals surface area contributed by atoms with Gasteiger partial charge in [-0.15, -0.1) is 0 Å². The van der Waals surface area contributed by atoms with Crippen LogP contribution in [-0.2, 0) is 17.9 Å². The van der Waals surface area contributed by atoms with Crippen LogP contribution >= 0.6 is 0 Å². The highest BCUT2D eigenvalue weighted by Gasteiger charge is 2.48. The zero-order valence-electron chi connectivity index (χ0n) is 20.3. The number of carbonyl (C=O) groups is 2. The molecular formula is C29H28N4O3.